The molecule has 1 fully saturated rings. The lowest BCUT2D eigenvalue weighted by atomic mass is 9.84. The summed E-state index contributed by atoms with van der Waals surface area (Å²) in [7, 11) is 0. The fourth-order valence-electron chi connectivity index (χ4n) is 4.18. The van der Waals surface area contributed by atoms with Gasteiger partial charge in [0, 0.05) is 17.1 Å². The average molecular weight is 292 g/mol. The maximum Gasteiger partial charge on any atom is 0.0409 e. The second kappa shape index (κ2) is 5.35. The van der Waals surface area contributed by atoms with E-state index in [1.165, 1.54) is 36.8 Å². The first kappa shape index (κ1) is 14.4. The summed E-state index contributed by atoms with van der Waals surface area (Å²) in [5.41, 5.74) is 3.17. The number of benzene rings is 1. The molecule has 0 amide bonds. The number of hydrogen-bond donors (Lipinski definition) is 1. The lowest BCUT2D eigenvalue weighted by Gasteiger charge is -2.33. The SMILES string of the molecule is C[C@H](NC1c2cc(Cl)ccc2CC1(C)C)C1CCCC1. The van der Waals surface area contributed by atoms with Gasteiger partial charge in [0.25, 0.3) is 0 Å². The Bertz CT molecular complexity index is 488. The normalized spacial score (nSPS) is 26.7. The zero-order valence-corrected chi connectivity index (χ0v) is 13.6. The monoisotopic (exact) mass is 291 g/mol. The smallest absolute Gasteiger partial charge is 0.0409 e. The van der Waals surface area contributed by atoms with E-state index in [1.54, 1.807) is 0 Å². The van der Waals surface area contributed by atoms with Crippen LogP contribution in [0, 0.1) is 11.3 Å². The molecular formula is C18H26ClN. The molecule has 1 aromatic carbocycles. The Morgan fingerprint density at radius 3 is 2.65 bits per heavy atom. The Kier molecular flexibility index (Phi) is 3.85. The van der Waals surface area contributed by atoms with E-state index in [1.807, 2.05) is 6.07 Å². The van der Waals surface area contributed by atoms with E-state index in [0.29, 0.717) is 12.1 Å². The molecule has 0 radical (unpaired) electrons. The van der Waals surface area contributed by atoms with Crippen molar-refractivity contribution in [2.45, 2.75) is 65.0 Å². The number of nitrogens with one attached hydrogen (secondary N) is 1. The molecule has 0 aliphatic heterocycles. The number of halogens is 1. The first-order valence-corrected chi connectivity index (χ1v) is 8.39. The van der Waals surface area contributed by atoms with Gasteiger partial charge in [-0.1, -0.05) is 44.4 Å². The van der Waals surface area contributed by atoms with Crippen molar-refractivity contribution in [2.24, 2.45) is 11.3 Å². The van der Waals surface area contributed by atoms with Crippen LogP contribution in [0.1, 0.15) is 63.6 Å². The van der Waals surface area contributed by atoms with Gasteiger partial charge in [0.1, 0.15) is 0 Å². The molecule has 1 N–H and O–H groups in total. The van der Waals surface area contributed by atoms with Crippen LogP contribution >= 0.6 is 11.6 Å². The summed E-state index contributed by atoms with van der Waals surface area (Å²) in [6, 6.07) is 7.45. The first-order valence-electron chi connectivity index (χ1n) is 8.02. The van der Waals surface area contributed by atoms with Gasteiger partial charge in [0.15, 0.2) is 0 Å². The van der Waals surface area contributed by atoms with Gasteiger partial charge in [-0.2, -0.15) is 0 Å². The van der Waals surface area contributed by atoms with E-state index in [2.05, 4.69) is 38.2 Å². The first-order chi connectivity index (χ1) is 9.47. The molecule has 20 heavy (non-hydrogen) atoms. The maximum atomic E-state index is 6.22. The van der Waals surface area contributed by atoms with Gasteiger partial charge >= 0.3 is 0 Å². The second-order valence-electron chi connectivity index (χ2n) is 7.44. The Morgan fingerprint density at radius 2 is 1.95 bits per heavy atom. The number of hydrogen-bond acceptors (Lipinski definition) is 1. The topological polar surface area (TPSA) is 12.0 Å². The van der Waals surface area contributed by atoms with Crippen LogP contribution in [0.4, 0.5) is 0 Å². The van der Waals surface area contributed by atoms with E-state index < -0.39 is 0 Å². The highest BCUT2D eigenvalue weighted by molar-refractivity contribution is 6.30. The van der Waals surface area contributed by atoms with Crippen LogP contribution < -0.4 is 5.32 Å². The highest BCUT2D eigenvalue weighted by Crippen LogP contribution is 2.46. The van der Waals surface area contributed by atoms with Gasteiger partial charge in [0.2, 0.25) is 0 Å². The predicted octanol–water partition coefficient (Wildman–Crippen LogP) is 5.13. The highest BCUT2D eigenvalue weighted by Gasteiger charge is 2.40. The van der Waals surface area contributed by atoms with Crippen LogP contribution in [0.2, 0.25) is 5.02 Å². The van der Waals surface area contributed by atoms with Gasteiger partial charge in [-0.05, 0) is 60.8 Å². The van der Waals surface area contributed by atoms with Crippen molar-refractivity contribution in [2.75, 3.05) is 0 Å². The van der Waals surface area contributed by atoms with Crippen LogP contribution in [0.5, 0.6) is 0 Å². The Morgan fingerprint density at radius 1 is 1.25 bits per heavy atom. The zero-order valence-electron chi connectivity index (χ0n) is 12.9. The van der Waals surface area contributed by atoms with E-state index in [-0.39, 0.29) is 5.41 Å². The van der Waals surface area contributed by atoms with Crippen molar-refractivity contribution >= 4 is 11.6 Å². The zero-order chi connectivity index (χ0) is 14.3. The van der Waals surface area contributed by atoms with Gasteiger partial charge in [-0.3, -0.25) is 0 Å². The van der Waals surface area contributed by atoms with Crippen molar-refractivity contribution in [1.82, 2.24) is 5.32 Å². The average Bonchev–Trinajstić information content (AvgIpc) is 2.98. The highest BCUT2D eigenvalue weighted by atomic mass is 35.5. The van der Waals surface area contributed by atoms with Crippen molar-refractivity contribution in [3.8, 4) is 0 Å². The summed E-state index contributed by atoms with van der Waals surface area (Å²) in [6.07, 6.45) is 6.75. The predicted molar refractivity (Wildman–Crippen MR) is 86.2 cm³/mol. The molecule has 0 heterocycles. The van der Waals surface area contributed by atoms with Crippen LogP contribution in [0.25, 0.3) is 0 Å². The van der Waals surface area contributed by atoms with E-state index in [4.69, 9.17) is 11.6 Å². The minimum Gasteiger partial charge on any atom is -0.307 e. The molecule has 2 aliphatic rings. The van der Waals surface area contributed by atoms with E-state index >= 15 is 0 Å². The fourth-order valence-corrected chi connectivity index (χ4v) is 4.36. The third-order valence-electron chi connectivity index (χ3n) is 5.38. The second-order valence-corrected chi connectivity index (χ2v) is 7.88. The molecule has 110 valence electrons. The van der Waals surface area contributed by atoms with Crippen LogP contribution in [0.15, 0.2) is 18.2 Å². The molecule has 3 rings (SSSR count). The molecule has 2 heteroatoms. The van der Waals surface area contributed by atoms with Crippen molar-refractivity contribution in [1.29, 1.82) is 0 Å². The van der Waals surface area contributed by atoms with E-state index in [9.17, 15) is 0 Å². The minimum atomic E-state index is 0.278. The summed E-state index contributed by atoms with van der Waals surface area (Å²) in [5, 5.41) is 4.80. The van der Waals surface area contributed by atoms with Gasteiger partial charge < -0.3 is 5.32 Å². The van der Waals surface area contributed by atoms with E-state index in [0.717, 1.165) is 17.4 Å². The molecule has 1 unspecified atom stereocenters. The van der Waals surface area contributed by atoms with Gasteiger partial charge in [0.05, 0.1) is 0 Å². The van der Waals surface area contributed by atoms with Crippen molar-refractivity contribution < 1.29 is 0 Å². The fraction of sp³-hybridized carbons (Fsp3) is 0.667. The van der Waals surface area contributed by atoms with Crippen LogP contribution in [0.3, 0.4) is 0 Å². The van der Waals surface area contributed by atoms with Crippen LogP contribution in [-0.2, 0) is 6.42 Å². The Hall–Kier alpha value is -0.530. The quantitative estimate of drug-likeness (QED) is 0.814. The Labute approximate surface area is 128 Å². The largest absolute Gasteiger partial charge is 0.307 e. The third kappa shape index (κ3) is 2.63. The van der Waals surface area contributed by atoms with Crippen molar-refractivity contribution in [3.05, 3.63) is 34.3 Å². The molecule has 2 atom stereocenters. The molecular weight excluding hydrogens is 266 g/mol. The molecule has 1 saturated carbocycles. The van der Waals surface area contributed by atoms with Gasteiger partial charge in [-0.15, -0.1) is 0 Å². The third-order valence-corrected chi connectivity index (χ3v) is 5.62. The standard InChI is InChI=1S/C18H26ClN/c1-12(13-6-4-5-7-13)20-17-16-10-15(19)9-8-14(16)11-18(17,2)3/h8-10,12-13,17,20H,4-7,11H2,1-3H3/t12-,17?/m0/s1. The lowest BCUT2D eigenvalue weighted by Crippen LogP contribution is -2.40. The van der Waals surface area contributed by atoms with Crippen molar-refractivity contribution in [3.63, 3.8) is 0 Å². The molecule has 0 spiro atoms. The molecule has 0 saturated heterocycles. The molecule has 0 bridgehead atoms. The molecule has 1 aromatic rings. The summed E-state index contributed by atoms with van der Waals surface area (Å²) in [5.74, 6) is 0.856. The number of rotatable bonds is 3. The summed E-state index contributed by atoms with van der Waals surface area (Å²) < 4.78 is 0. The summed E-state index contributed by atoms with van der Waals surface area (Å²) >= 11 is 6.22. The minimum absolute atomic E-state index is 0.278. The molecule has 1 nitrogen and oxygen atoms in total. The summed E-state index contributed by atoms with van der Waals surface area (Å²) in [4.78, 5) is 0. The maximum absolute atomic E-state index is 6.22. The van der Waals surface area contributed by atoms with Gasteiger partial charge in [-0.25, -0.2) is 0 Å². The lowest BCUT2D eigenvalue weighted by molar-refractivity contribution is 0.226. The number of fused-ring (bicyclic) bond motifs is 1. The molecule has 2 aliphatic carbocycles. The van der Waals surface area contributed by atoms with Crippen LogP contribution in [-0.4, -0.2) is 6.04 Å². The summed E-state index contributed by atoms with van der Waals surface area (Å²) in [6.45, 7) is 7.12. The Balaban J connectivity index is 1.82. The molecule has 0 aromatic heterocycles.